The number of furan rings is 1. The smallest absolute Gasteiger partial charge is 0.339 e. The van der Waals surface area contributed by atoms with Gasteiger partial charge in [-0.05, 0) is 24.3 Å². The second-order valence-corrected chi connectivity index (χ2v) is 3.57. The molecule has 0 unspecified atom stereocenters. The normalized spacial score (nSPS) is 10.4. The van der Waals surface area contributed by atoms with Crippen molar-refractivity contribution >= 4 is 17.9 Å². The maximum atomic E-state index is 11.5. The fourth-order valence-electron chi connectivity index (χ4n) is 1.38. The van der Waals surface area contributed by atoms with Crippen LogP contribution in [0.2, 0.25) is 0 Å². The second-order valence-electron chi connectivity index (χ2n) is 3.57. The maximum Gasteiger partial charge on any atom is 0.339 e. The third-order valence-electron chi connectivity index (χ3n) is 2.23. The van der Waals surface area contributed by atoms with Crippen molar-refractivity contribution in [2.75, 3.05) is 12.4 Å². The van der Waals surface area contributed by atoms with Crippen molar-refractivity contribution < 1.29 is 13.9 Å². The average Bonchev–Trinajstić information content (AvgIpc) is 2.92. The molecule has 0 atom stereocenters. The van der Waals surface area contributed by atoms with Gasteiger partial charge in [-0.15, -0.1) is 0 Å². The van der Waals surface area contributed by atoms with Crippen molar-refractivity contribution in [1.82, 2.24) is 5.43 Å². The number of benzene rings is 1. The summed E-state index contributed by atoms with van der Waals surface area (Å²) in [6, 6.07) is 10.0. The zero-order valence-electron chi connectivity index (χ0n) is 10.3. The first-order chi connectivity index (χ1) is 9.28. The van der Waals surface area contributed by atoms with E-state index in [-0.39, 0.29) is 0 Å². The zero-order chi connectivity index (χ0) is 13.5. The lowest BCUT2D eigenvalue weighted by Gasteiger charge is -2.05. The Hall–Kier alpha value is -2.76. The summed E-state index contributed by atoms with van der Waals surface area (Å²) >= 11 is 0. The van der Waals surface area contributed by atoms with E-state index in [0.717, 1.165) is 0 Å². The van der Waals surface area contributed by atoms with E-state index in [9.17, 15) is 4.79 Å². The van der Waals surface area contributed by atoms with Gasteiger partial charge in [0.25, 0.3) is 0 Å². The van der Waals surface area contributed by atoms with Crippen LogP contribution in [-0.4, -0.2) is 19.4 Å². The first-order valence-electron chi connectivity index (χ1n) is 5.55. The summed E-state index contributed by atoms with van der Waals surface area (Å²) in [5.41, 5.74) is 2.94. The standard InChI is InChI=1S/C13H13N3O3/c1-18-11-5-2-4-10(8-11)15-13(17)16-14-9-12-6-3-7-19-12/h2-9H,1H3,(H2,15,16,17)/b14-9+. The van der Waals surface area contributed by atoms with E-state index in [1.54, 1.807) is 43.5 Å². The van der Waals surface area contributed by atoms with Crippen molar-refractivity contribution in [1.29, 1.82) is 0 Å². The molecule has 6 heteroatoms. The first kappa shape index (κ1) is 12.7. The Bertz CT molecular complexity index is 564. The molecule has 2 rings (SSSR count). The van der Waals surface area contributed by atoms with E-state index >= 15 is 0 Å². The molecule has 1 heterocycles. The number of hydrazone groups is 1. The summed E-state index contributed by atoms with van der Waals surface area (Å²) in [7, 11) is 1.56. The molecular formula is C13H13N3O3. The lowest BCUT2D eigenvalue weighted by molar-refractivity contribution is 0.252. The van der Waals surface area contributed by atoms with Gasteiger partial charge in [0.05, 0.1) is 19.6 Å². The number of rotatable bonds is 4. The molecular weight excluding hydrogens is 246 g/mol. The number of nitrogens with zero attached hydrogens (tertiary/aromatic N) is 1. The SMILES string of the molecule is COc1cccc(NC(=O)N/N=C/c2ccco2)c1. The largest absolute Gasteiger partial charge is 0.497 e. The van der Waals surface area contributed by atoms with Gasteiger partial charge in [0, 0.05) is 11.8 Å². The van der Waals surface area contributed by atoms with Crippen LogP contribution >= 0.6 is 0 Å². The topological polar surface area (TPSA) is 75.9 Å². The van der Waals surface area contributed by atoms with Crippen LogP contribution in [0.1, 0.15) is 5.76 Å². The van der Waals surface area contributed by atoms with Crippen molar-refractivity contribution in [3.05, 3.63) is 48.4 Å². The number of amides is 2. The minimum absolute atomic E-state index is 0.448. The van der Waals surface area contributed by atoms with Crippen LogP contribution in [0.5, 0.6) is 5.75 Å². The van der Waals surface area contributed by atoms with Gasteiger partial charge >= 0.3 is 6.03 Å². The minimum atomic E-state index is -0.448. The number of hydrogen-bond acceptors (Lipinski definition) is 4. The minimum Gasteiger partial charge on any atom is -0.497 e. The Kier molecular flexibility index (Phi) is 4.17. The molecule has 0 aliphatic heterocycles. The zero-order valence-corrected chi connectivity index (χ0v) is 10.3. The summed E-state index contributed by atoms with van der Waals surface area (Å²) in [6.07, 6.45) is 2.93. The molecule has 2 amide bonds. The predicted molar refractivity (Wildman–Crippen MR) is 71.5 cm³/mol. The average molecular weight is 259 g/mol. The molecule has 1 aromatic carbocycles. The molecule has 0 saturated heterocycles. The van der Waals surface area contributed by atoms with Crippen molar-refractivity contribution in [3.8, 4) is 5.75 Å². The van der Waals surface area contributed by atoms with Crippen molar-refractivity contribution in [2.24, 2.45) is 5.10 Å². The van der Waals surface area contributed by atoms with Crippen molar-refractivity contribution in [2.45, 2.75) is 0 Å². The van der Waals surface area contributed by atoms with Crippen molar-refractivity contribution in [3.63, 3.8) is 0 Å². The van der Waals surface area contributed by atoms with Crippen LogP contribution in [0.4, 0.5) is 10.5 Å². The summed E-state index contributed by atoms with van der Waals surface area (Å²) < 4.78 is 10.1. The Labute approximate surface area is 110 Å². The Morgan fingerprint density at radius 2 is 2.26 bits per heavy atom. The Morgan fingerprint density at radius 3 is 3.00 bits per heavy atom. The second kappa shape index (κ2) is 6.25. The molecule has 0 radical (unpaired) electrons. The van der Waals surface area contributed by atoms with E-state index in [1.165, 1.54) is 12.5 Å². The van der Waals surface area contributed by atoms with E-state index in [1.807, 2.05) is 0 Å². The number of methoxy groups -OCH3 is 1. The highest BCUT2D eigenvalue weighted by Gasteiger charge is 2.01. The van der Waals surface area contributed by atoms with Gasteiger partial charge in [-0.3, -0.25) is 0 Å². The molecule has 0 bridgehead atoms. The quantitative estimate of drug-likeness (QED) is 0.654. The van der Waals surface area contributed by atoms with Gasteiger partial charge in [0.15, 0.2) is 0 Å². The third-order valence-corrected chi connectivity index (χ3v) is 2.23. The summed E-state index contributed by atoms with van der Waals surface area (Å²) in [4.78, 5) is 11.5. The van der Waals surface area contributed by atoms with Crippen LogP contribution in [0.15, 0.2) is 52.2 Å². The van der Waals surface area contributed by atoms with E-state index < -0.39 is 6.03 Å². The fourth-order valence-corrected chi connectivity index (χ4v) is 1.38. The number of hydrogen-bond donors (Lipinski definition) is 2. The Balaban J connectivity index is 1.87. The number of carbonyl (C=O) groups excluding carboxylic acids is 1. The molecule has 2 N–H and O–H groups in total. The molecule has 0 saturated carbocycles. The van der Waals surface area contributed by atoms with E-state index in [2.05, 4.69) is 15.8 Å². The summed E-state index contributed by atoms with van der Waals surface area (Å²) in [5, 5.41) is 6.36. The van der Waals surface area contributed by atoms with Crippen LogP contribution < -0.4 is 15.5 Å². The monoisotopic (exact) mass is 259 g/mol. The number of anilines is 1. The highest BCUT2D eigenvalue weighted by molar-refractivity contribution is 5.90. The van der Waals surface area contributed by atoms with Gasteiger partial charge in [-0.2, -0.15) is 5.10 Å². The van der Waals surface area contributed by atoms with E-state index in [0.29, 0.717) is 17.2 Å². The van der Waals surface area contributed by atoms with Gasteiger partial charge in [0.1, 0.15) is 11.5 Å². The molecule has 1 aromatic heterocycles. The predicted octanol–water partition coefficient (Wildman–Crippen LogP) is 2.44. The highest BCUT2D eigenvalue weighted by Crippen LogP contribution is 2.16. The molecule has 0 fully saturated rings. The first-order valence-corrected chi connectivity index (χ1v) is 5.55. The summed E-state index contributed by atoms with van der Waals surface area (Å²) in [6.45, 7) is 0. The number of carbonyl (C=O) groups is 1. The molecule has 0 aliphatic carbocycles. The van der Waals surface area contributed by atoms with Gasteiger partial charge in [-0.25, -0.2) is 10.2 Å². The number of ether oxygens (including phenoxy) is 1. The van der Waals surface area contributed by atoms with Crippen LogP contribution in [-0.2, 0) is 0 Å². The molecule has 6 nitrogen and oxygen atoms in total. The van der Waals surface area contributed by atoms with Gasteiger partial charge in [0.2, 0.25) is 0 Å². The highest BCUT2D eigenvalue weighted by atomic mass is 16.5. The van der Waals surface area contributed by atoms with Crippen LogP contribution in [0.3, 0.4) is 0 Å². The molecule has 2 aromatic rings. The molecule has 98 valence electrons. The maximum absolute atomic E-state index is 11.5. The molecule has 19 heavy (non-hydrogen) atoms. The molecule has 0 spiro atoms. The number of nitrogens with one attached hydrogen (secondary N) is 2. The Morgan fingerprint density at radius 1 is 1.37 bits per heavy atom. The fraction of sp³-hybridized carbons (Fsp3) is 0.0769. The third kappa shape index (κ3) is 3.88. The lowest BCUT2D eigenvalue weighted by atomic mass is 10.3. The molecule has 0 aliphatic rings. The van der Waals surface area contributed by atoms with Gasteiger partial charge < -0.3 is 14.5 Å². The van der Waals surface area contributed by atoms with E-state index in [4.69, 9.17) is 9.15 Å². The lowest BCUT2D eigenvalue weighted by Crippen LogP contribution is -2.24. The van der Waals surface area contributed by atoms with Crippen LogP contribution in [0.25, 0.3) is 0 Å². The summed E-state index contributed by atoms with van der Waals surface area (Å²) in [5.74, 6) is 1.22. The number of urea groups is 1. The van der Waals surface area contributed by atoms with Gasteiger partial charge in [-0.1, -0.05) is 6.07 Å². The van der Waals surface area contributed by atoms with Crippen LogP contribution in [0, 0.1) is 0 Å².